The first-order valence-corrected chi connectivity index (χ1v) is 7.43. The van der Waals surface area contributed by atoms with Gasteiger partial charge in [-0.3, -0.25) is 0 Å². The van der Waals surface area contributed by atoms with E-state index in [0.717, 1.165) is 20.1 Å². The molecule has 1 fully saturated rings. The van der Waals surface area contributed by atoms with Crippen molar-refractivity contribution in [2.75, 3.05) is 7.11 Å². The number of carboxylic acid groups (broad SMARTS) is 1. The van der Waals surface area contributed by atoms with Gasteiger partial charge in [-0.25, -0.2) is 9.18 Å². The maximum Gasteiger partial charge on any atom is 0.417 e. The van der Waals surface area contributed by atoms with Crippen LogP contribution in [0.1, 0.15) is 25.3 Å². The lowest BCUT2D eigenvalue weighted by atomic mass is 9.77. The highest BCUT2D eigenvalue weighted by atomic mass is 35.5. The van der Waals surface area contributed by atoms with E-state index in [2.05, 4.69) is 0 Å². The van der Waals surface area contributed by atoms with Gasteiger partial charge in [-0.05, 0) is 13.0 Å². The molecule has 0 aliphatic carbocycles. The summed E-state index contributed by atoms with van der Waals surface area (Å²) in [7, 11) is 0.981. The Kier molecular flexibility index (Phi) is 4.95. The van der Waals surface area contributed by atoms with Crippen LogP contribution in [-0.2, 0) is 9.53 Å². The molecule has 4 nitrogen and oxygen atoms in total. The van der Waals surface area contributed by atoms with Crippen molar-refractivity contribution in [3.8, 4) is 5.75 Å². The number of carbonyl (C=O) groups is 1. The van der Waals surface area contributed by atoms with Crippen LogP contribution in [0.3, 0.4) is 0 Å². The molecule has 2 rings (SSSR count). The molecule has 0 saturated carbocycles. The second-order valence-corrected chi connectivity index (χ2v) is 6.31. The van der Waals surface area contributed by atoms with E-state index >= 15 is 0 Å². The predicted octanol–water partition coefficient (Wildman–Crippen LogP) is 4.15. The molecule has 1 N–H and O–H groups in total. The fourth-order valence-corrected chi connectivity index (χ4v) is 3.26. The quantitative estimate of drug-likeness (QED) is 0.624. The van der Waals surface area contributed by atoms with Gasteiger partial charge in [0, 0.05) is 17.4 Å². The molecule has 1 aromatic carbocycles. The van der Waals surface area contributed by atoms with Crippen LogP contribution in [0.5, 0.6) is 5.75 Å². The Hall–Kier alpha value is -1.61. The van der Waals surface area contributed by atoms with Crippen LogP contribution >= 0.6 is 11.6 Å². The lowest BCUT2D eigenvalue weighted by molar-refractivity contribution is -0.273. The summed E-state index contributed by atoms with van der Waals surface area (Å²) in [6, 6.07) is 0.862. The average Bonchev–Trinajstić information content (AvgIpc) is 2.78. The number of methoxy groups -OCH3 is 1. The number of carboxylic acids is 1. The zero-order valence-electron chi connectivity index (χ0n) is 13.2. The van der Waals surface area contributed by atoms with Crippen molar-refractivity contribution < 1.29 is 41.3 Å². The molecule has 1 heterocycles. The highest BCUT2D eigenvalue weighted by molar-refractivity contribution is 6.30. The zero-order chi connectivity index (χ0) is 19.3. The molecule has 25 heavy (non-hydrogen) atoms. The molecule has 1 aliphatic heterocycles. The van der Waals surface area contributed by atoms with Crippen molar-refractivity contribution in [2.24, 2.45) is 5.92 Å². The van der Waals surface area contributed by atoms with E-state index < -0.39 is 58.1 Å². The minimum atomic E-state index is -4.88. The summed E-state index contributed by atoms with van der Waals surface area (Å²) in [5.41, 5.74) is -3.11. The van der Waals surface area contributed by atoms with Gasteiger partial charge in [-0.15, -0.1) is 0 Å². The molecule has 140 valence electrons. The first kappa shape index (κ1) is 19.7. The van der Waals surface area contributed by atoms with Gasteiger partial charge in [-0.1, -0.05) is 18.5 Å². The van der Waals surface area contributed by atoms with Gasteiger partial charge in [0.1, 0.15) is 0 Å². The topological polar surface area (TPSA) is 55.8 Å². The molecular weight excluding hydrogens is 375 g/mol. The zero-order valence-corrected chi connectivity index (χ0v) is 14.0. The molecule has 0 bridgehead atoms. The van der Waals surface area contributed by atoms with Crippen LogP contribution in [0.25, 0.3) is 0 Å². The SMILES string of the molecule is COc1c(C2[C@H](C(=O)O)O[C@@](C)(C(F)(F)F)[C@H]2C)cc(Cl)c(F)c1F. The first-order valence-electron chi connectivity index (χ1n) is 7.05. The number of halogens is 6. The molecule has 1 aliphatic rings. The van der Waals surface area contributed by atoms with Gasteiger partial charge < -0.3 is 14.6 Å². The lowest BCUT2D eigenvalue weighted by Crippen LogP contribution is -2.47. The Morgan fingerprint density at radius 2 is 1.92 bits per heavy atom. The van der Waals surface area contributed by atoms with Crippen molar-refractivity contribution in [3.63, 3.8) is 0 Å². The number of alkyl halides is 3. The van der Waals surface area contributed by atoms with Crippen LogP contribution in [0.2, 0.25) is 5.02 Å². The monoisotopic (exact) mass is 388 g/mol. The van der Waals surface area contributed by atoms with Gasteiger partial charge in [0.05, 0.1) is 12.1 Å². The van der Waals surface area contributed by atoms with Crippen LogP contribution in [0.15, 0.2) is 6.07 Å². The number of rotatable bonds is 3. The minimum Gasteiger partial charge on any atom is -0.493 e. The maximum absolute atomic E-state index is 14.1. The van der Waals surface area contributed by atoms with Crippen molar-refractivity contribution in [2.45, 2.75) is 37.6 Å². The Morgan fingerprint density at radius 3 is 2.36 bits per heavy atom. The van der Waals surface area contributed by atoms with E-state index in [1.165, 1.54) is 0 Å². The largest absolute Gasteiger partial charge is 0.493 e. The van der Waals surface area contributed by atoms with E-state index in [1.54, 1.807) is 0 Å². The Bertz CT molecular complexity index is 708. The molecule has 1 unspecified atom stereocenters. The molecule has 0 aromatic heterocycles. The Morgan fingerprint density at radius 1 is 1.36 bits per heavy atom. The summed E-state index contributed by atoms with van der Waals surface area (Å²) >= 11 is 5.58. The molecule has 10 heteroatoms. The summed E-state index contributed by atoms with van der Waals surface area (Å²) in [5.74, 6) is -8.25. The Balaban J connectivity index is 2.70. The maximum atomic E-state index is 14.1. The molecule has 0 amide bonds. The number of ether oxygens (including phenoxy) is 2. The van der Waals surface area contributed by atoms with E-state index in [-0.39, 0.29) is 5.56 Å². The van der Waals surface area contributed by atoms with E-state index in [4.69, 9.17) is 21.1 Å². The van der Waals surface area contributed by atoms with Crippen molar-refractivity contribution in [3.05, 3.63) is 28.3 Å². The smallest absolute Gasteiger partial charge is 0.417 e. The van der Waals surface area contributed by atoms with E-state index in [0.29, 0.717) is 6.92 Å². The summed E-state index contributed by atoms with van der Waals surface area (Å²) in [4.78, 5) is 11.4. The van der Waals surface area contributed by atoms with Crippen LogP contribution in [0.4, 0.5) is 22.0 Å². The van der Waals surface area contributed by atoms with Gasteiger partial charge >= 0.3 is 12.1 Å². The van der Waals surface area contributed by atoms with Crippen molar-refractivity contribution in [1.29, 1.82) is 0 Å². The summed E-state index contributed by atoms with van der Waals surface area (Å²) in [6.45, 7) is 1.83. The molecule has 4 atom stereocenters. The normalized spacial score (nSPS) is 29.7. The standard InChI is InChI=1S/C15H14ClF5O4/c1-5-8(6-4-7(16)9(17)10(18)11(6)24-3)12(13(22)23)25-14(5,2)15(19,20)21/h4-5,8,12H,1-3H3,(H,22,23)/t5-,8?,12+,14+/m0/s1. The highest BCUT2D eigenvalue weighted by Gasteiger charge is 2.66. The predicted molar refractivity (Wildman–Crippen MR) is 76.8 cm³/mol. The average molecular weight is 389 g/mol. The van der Waals surface area contributed by atoms with E-state index in [9.17, 15) is 31.9 Å². The summed E-state index contributed by atoms with van der Waals surface area (Å²) in [6.07, 6.45) is -6.83. The number of hydrogen-bond acceptors (Lipinski definition) is 3. The highest BCUT2D eigenvalue weighted by Crippen LogP contribution is 2.55. The summed E-state index contributed by atoms with van der Waals surface area (Å²) in [5, 5.41) is 8.58. The second-order valence-electron chi connectivity index (χ2n) is 5.90. The third kappa shape index (κ3) is 2.93. The number of aliphatic carboxylic acids is 1. The molecule has 0 radical (unpaired) electrons. The van der Waals surface area contributed by atoms with Gasteiger partial charge in [0.15, 0.2) is 23.3 Å². The third-order valence-corrected chi connectivity index (χ3v) is 4.90. The summed E-state index contributed by atoms with van der Waals surface area (Å²) < 4.78 is 77.5. The van der Waals surface area contributed by atoms with Gasteiger partial charge in [-0.2, -0.15) is 17.6 Å². The molecule has 1 aromatic rings. The number of hydrogen-bond donors (Lipinski definition) is 1. The minimum absolute atomic E-state index is 0.306. The first-order chi connectivity index (χ1) is 11.4. The van der Waals surface area contributed by atoms with Gasteiger partial charge in [0.25, 0.3) is 0 Å². The van der Waals surface area contributed by atoms with Crippen LogP contribution in [0, 0.1) is 17.6 Å². The fraction of sp³-hybridized carbons (Fsp3) is 0.533. The van der Waals surface area contributed by atoms with E-state index in [1.807, 2.05) is 0 Å². The second kappa shape index (κ2) is 6.28. The molecular formula is C15H14ClF5O4. The van der Waals surface area contributed by atoms with Crippen molar-refractivity contribution >= 4 is 17.6 Å². The number of benzene rings is 1. The van der Waals surface area contributed by atoms with Crippen LogP contribution in [-0.4, -0.2) is 36.1 Å². The molecule has 1 saturated heterocycles. The van der Waals surface area contributed by atoms with Gasteiger partial charge in [0.2, 0.25) is 5.82 Å². The fourth-order valence-electron chi connectivity index (χ4n) is 3.06. The van der Waals surface area contributed by atoms with Crippen molar-refractivity contribution in [1.82, 2.24) is 0 Å². The molecule has 0 spiro atoms. The third-order valence-electron chi connectivity index (χ3n) is 4.62. The Labute approximate surface area is 144 Å². The lowest BCUT2D eigenvalue weighted by Gasteiger charge is -2.32. The van der Waals surface area contributed by atoms with Crippen LogP contribution < -0.4 is 4.74 Å².